The largest absolute Gasteiger partial charge is 0.481 e. The van der Waals surface area contributed by atoms with E-state index in [0.29, 0.717) is 13.0 Å². The summed E-state index contributed by atoms with van der Waals surface area (Å²) in [6.45, 7) is 6.45. The van der Waals surface area contributed by atoms with Gasteiger partial charge in [-0.25, -0.2) is 0 Å². The van der Waals surface area contributed by atoms with Crippen molar-refractivity contribution in [2.45, 2.75) is 40.0 Å². The van der Waals surface area contributed by atoms with Crippen molar-refractivity contribution >= 4 is 11.9 Å². The Hall–Kier alpha value is -1.06. The fourth-order valence-electron chi connectivity index (χ4n) is 1.78. The average Bonchev–Trinajstić information content (AvgIpc) is 2.81. The Bertz CT molecular complexity index is 286. The van der Waals surface area contributed by atoms with Gasteiger partial charge in [0.25, 0.3) is 0 Å². The van der Waals surface area contributed by atoms with Gasteiger partial charge >= 0.3 is 5.97 Å². The molecule has 16 heavy (non-hydrogen) atoms. The number of carbonyl (C=O) groups excluding carboxylic acids is 1. The topological polar surface area (TPSA) is 66.4 Å². The van der Waals surface area contributed by atoms with E-state index in [-0.39, 0.29) is 23.2 Å². The van der Waals surface area contributed by atoms with Gasteiger partial charge in [-0.05, 0) is 24.7 Å². The molecule has 92 valence electrons. The Morgan fingerprint density at radius 3 is 2.50 bits per heavy atom. The Labute approximate surface area is 96.4 Å². The average molecular weight is 227 g/mol. The van der Waals surface area contributed by atoms with E-state index in [0.717, 1.165) is 12.8 Å². The Morgan fingerprint density at radius 2 is 2.06 bits per heavy atom. The molecule has 2 N–H and O–H groups in total. The van der Waals surface area contributed by atoms with Crippen LogP contribution < -0.4 is 5.32 Å². The van der Waals surface area contributed by atoms with Crippen LogP contribution in [0.5, 0.6) is 0 Å². The quantitative estimate of drug-likeness (QED) is 0.678. The van der Waals surface area contributed by atoms with Crippen LogP contribution in [0.2, 0.25) is 0 Å². The van der Waals surface area contributed by atoms with E-state index >= 15 is 0 Å². The van der Waals surface area contributed by atoms with Crippen LogP contribution in [0.15, 0.2) is 0 Å². The lowest BCUT2D eigenvalue weighted by atomic mass is 10.1. The van der Waals surface area contributed by atoms with Crippen LogP contribution in [0.3, 0.4) is 0 Å². The summed E-state index contributed by atoms with van der Waals surface area (Å²) in [4.78, 5) is 22.1. The number of hydrogen-bond donors (Lipinski definition) is 2. The second kappa shape index (κ2) is 4.85. The number of amides is 1. The molecule has 0 aliphatic heterocycles. The van der Waals surface area contributed by atoms with Crippen LogP contribution in [-0.4, -0.2) is 23.5 Å². The van der Waals surface area contributed by atoms with Crippen molar-refractivity contribution in [2.24, 2.45) is 17.3 Å². The van der Waals surface area contributed by atoms with Gasteiger partial charge in [-0.15, -0.1) is 0 Å². The van der Waals surface area contributed by atoms with Crippen LogP contribution in [0, 0.1) is 17.3 Å². The highest BCUT2D eigenvalue weighted by atomic mass is 16.4. The van der Waals surface area contributed by atoms with Gasteiger partial charge in [0.05, 0.1) is 5.92 Å². The second-order valence-corrected chi connectivity index (χ2v) is 5.42. The van der Waals surface area contributed by atoms with Gasteiger partial charge in [-0.2, -0.15) is 0 Å². The minimum absolute atomic E-state index is 0.118. The molecule has 0 spiro atoms. The maximum Gasteiger partial charge on any atom is 0.306 e. The molecule has 0 aromatic rings. The highest BCUT2D eigenvalue weighted by molar-refractivity contribution is 5.82. The molecule has 1 rings (SSSR count). The molecule has 0 radical (unpaired) electrons. The molecular formula is C12H21NO3. The number of carboxylic acids is 1. The van der Waals surface area contributed by atoms with E-state index < -0.39 is 5.97 Å². The van der Waals surface area contributed by atoms with Crippen LogP contribution in [0.1, 0.15) is 40.0 Å². The second-order valence-electron chi connectivity index (χ2n) is 5.42. The zero-order chi connectivity index (χ0) is 12.3. The molecule has 0 aromatic carbocycles. The summed E-state index contributed by atoms with van der Waals surface area (Å²) >= 11 is 0. The third kappa shape index (κ3) is 3.51. The number of carboxylic acid groups (broad SMARTS) is 1. The van der Waals surface area contributed by atoms with Gasteiger partial charge in [0.15, 0.2) is 0 Å². The third-order valence-corrected chi connectivity index (χ3v) is 3.36. The van der Waals surface area contributed by atoms with Crippen molar-refractivity contribution in [1.82, 2.24) is 5.32 Å². The summed E-state index contributed by atoms with van der Waals surface area (Å²) in [6, 6.07) is 0. The van der Waals surface area contributed by atoms with Crippen molar-refractivity contribution < 1.29 is 14.7 Å². The smallest absolute Gasteiger partial charge is 0.306 e. The molecule has 1 fully saturated rings. The fraction of sp³-hybridized carbons (Fsp3) is 0.833. The lowest BCUT2D eigenvalue weighted by Crippen LogP contribution is -2.28. The molecule has 1 aliphatic rings. The summed E-state index contributed by atoms with van der Waals surface area (Å²) in [7, 11) is 0. The molecule has 0 aromatic heterocycles. The lowest BCUT2D eigenvalue weighted by molar-refractivity contribution is -0.141. The van der Waals surface area contributed by atoms with Gasteiger partial charge in [0.2, 0.25) is 5.91 Å². The molecule has 1 aliphatic carbocycles. The van der Waals surface area contributed by atoms with E-state index in [1.807, 2.05) is 0 Å². The molecule has 0 saturated heterocycles. The molecule has 2 unspecified atom stereocenters. The van der Waals surface area contributed by atoms with Crippen LogP contribution in [0.4, 0.5) is 0 Å². The molecular weight excluding hydrogens is 206 g/mol. The van der Waals surface area contributed by atoms with Crippen LogP contribution in [-0.2, 0) is 9.59 Å². The van der Waals surface area contributed by atoms with Gasteiger partial charge < -0.3 is 10.4 Å². The summed E-state index contributed by atoms with van der Waals surface area (Å²) in [5, 5.41) is 11.5. The molecule has 2 atom stereocenters. The summed E-state index contributed by atoms with van der Waals surface area (Å²) in [5.41, 5.74) is 0.165. The van der Waals surface area contributed by atoms with Gasteiger partial charge in [-0.3, -0.25) is 9.59 Å². The van der Waals surface area contributed by atoms with Crippen LogP contribution in [0.25, 0.3) is 0 Å². The van der Waals surface area contributed by atoms with Crippen LogP contribution >= 0.6 is 0 Å². The maximum atomic E-state index is 11.6. The van der Waals surface area contributed by atoms with Crippen molar-refractivity contribution in [3.05, 3.63) is 0 Å². The molecule has 1 amide bonds. The predicted molar refractivity (Wildman–Crippen MR) is 60.9 cm³/mol. The molecule has 0 heterocycles. The number of carbonyl (C=O) groups is 2. The Kier molecular flexibility index (Phi) is 3.94. The van der Waals surface area contributed by atoms with E-state index in [9.17, 15) is 9.59 Å². The number of aliphatic carboxylic acids is 1. The first-order chi connectivity index (χ1) is 7.34. The highest BCUT2D eigenvalue weighted by Crippen LogP contribution is 2.51. The lowest BCUT2D eigenvalue weighted by Gasteiger charge is -2.08. The monoisotopic (exact) mass is 227 g/mol. The minimum atomic E-state index is -0.769. The number of nitrogens with one attached hydrogen (secondary N) is 1. The first kappa shape index (κ1) is 13.0. The SMILES string of the molecule is CC(CCCNC(=O)C1CC1(C)C)C(=O)O. The van der Waals surface area contributed by atoms with E-state index in [1.54, 1.807) is 6.92 Å². The van der Waals surface area contributed by atoms with Crippen molar-refractivity contribution in [1.29, 1.82) is 0 Å². The van der Waals surface area contributed by atoms with Gasteiger partial charge in [0, 0.05) is 12.5 Å². The standard InChI is InChI=1S/C12H21NO3/c1-8(11(15)16)5-4-6-13-10(14)9-7-12(9,2)3/h8-9H,4-7H2,1-3H3,(H,13,14)(H,15,16). The Morgan fingerprint density at radius 1 is 1.50 bits per heavy atom. The maximum absolute atomic E-state index is 11.6. The van der Waals surface area contributed by atoms with Crippen molar-refractivity contribution in [3.63, 3.8) is 0 Å². The predicted octanol–water partition coefficient (Wildman–Crippen LogP) is 1.65. The Balaban J connectivity index is 2.08. The summed E-state index contributed by atoms with van der Waals surface area (Å²) < 4.78 is 0. The minimum Gasteiger partial charge on any atom is -0.481 e. The molecule has 1 saturated carbocycles. The van der Waals surface area contributed by atoms with E-state index in [1.165, 1.54) is 0 Å². The highest BCUT2D eigenvalue weighted by Gasteiger charge is 2.50. The zero-order valence-corrected chi connectivity index (χ0v) is 10.2. The third-order valence-electron chi connectivity index (χ3n) is 3.36. The molecule has 0 bridgehead atoms. The van der Waals surface area contributed by atoms with Gasteiger partial charge in [-0.1, -0.05) is 20.8 Å². The molecule has 4 nitrogen and oxygen atoms in total. The summed E-state index contributed by atoms with van der Waals surface area (Å²) in [5.74, 6) is -0.818. The van der Waals surface area contributed by atoms with Gasteiger partial charge in [0.1, 0.15) is 0 Å². The van der Waals surface area contributed by atoms with E-state index in [4.69, 9.17) is 5.11 Å². The first-order valence-corrected chi connectivity index (χ1v) is 5.85. The first-order valence-electron chi connectivity index (χ1n) is 5.85. The zero-order valence-electron chi connectivity index (χ0n) is 10.2. The summed E-state index contributed by atoms with van der Waals surface area (Å²) in [6.07, 6.45) is 2.31. The number of hydrogen-bond acceptors (Lipinski definition) is 2. The van der Waals surface area contributed by atoms with E-state index in [2.05, 4.69) is 19.2 Å². The van der Waals surface area contributed by atoms with Crippen molar-refractivity contribution in [3.8, 4) is 0 Å². The van der Waals surface area contributed by atoms with Crippen molar-refractivity contribution in [2.75, 3.05) is 6.54 Å². The fourth-order valence-corrected chi connectivity index (χ4v) is 1.78. The molecule has 4 heteroatoms. The number of rotatable bonds is 6. The normalized spacial score (nSPS) is 23.6.